The third-order valence-corrected chi connectivity index (χ3v) is 6.81. The number of aromatic amines is 1. The van der Waals surface area contributed by atoms with E-state index in [0.717, 1.165) is 42.0 Å². The number of aryl methyl sites for hydroxylation is 2. The molecule has 2 heterocycles. The Hall–Kier alpha value is -3.92. The predicted molar refractivity (Wildman–Crippen MR) is 144 cm³/mol. The number of nitrogens with one attached hydrogen (secondary N) is 4. The molecule has 2 aromatic carbocycles. The lowest BCUT2D eigenvalue weighted by Crippen LogP contribution is -2.08. The van der Waals surface area contributed by atoms with Crippen LogP contribution in [0.15, 0.2) is 65.8 Å². The van der Waals surface area contributed by atoms with E-state index in [-0.39, 0.29) is 0 Å². The molecule has 188 valence electrons. The van der Waals surface area contributed by atoms with E-state index in [1.54, 1.807) is 24.4 Å². The quantitative estimate of drug-likeness (QED) is 0.201. The van der Waals surface area contributed by atoms with E-state index in [1.807, 2.05) is 50.4 Å². The van der Waals surface area contributed by atoms with E-state index in [2.05, 4.69) is 25.8 Å². The van der Waals surface area contributed by atoms with E-state index >= 15 is 0 Å². The number of benzene rings is 2. The van der Waals surface area contributed by atoms with Crippen LogP contribution in [0.1, 0.15) is 24.6 Å². The fourth-order valence-electron chi connectivity index (χ4n) is 3.74. The SMILES string of the molecule is CCOc1ccc(-c2cnc(Nc3cccc(S(C)(=N)=O)c3)nc2NCCCc2cn[nH]c2C)cc1. The normalized spacial score (nSPS) is 12.6. The summed E-state index contributed by atoms with van der Waals surface area (Å²) in [6, 6.07) is 14.8. The minimum atomic E-state index is -2.82. The molecule has 0 spiro atoms. The summed E-state index contributed by atoms with van der Waals surface area (Å²) in [6.07, 6.45) is 6.87. The minimum absolute atomic E-state index is 0.405. The van der Waals surface area contributed by atoms with Crippen molar-refractivity contribution in [3.63, 3.8) is 0 Å². The van der Waals surface area contributed by atoms with Crippen LogP contribution in [0.4, 0.5) is 17.5 Å². The first-order valence-electron chi connectivity index (χ1n) is 11.8. The Balaban J connectivity index is 1.57. The van der Waals surface area contributed by atoms with Gasteiger partial charge in [0.1, 0.15) is 11.6 Å². The number of nitrogens with zero attached hydrogens (tertiary/aromatic N) is 3. The number of H-pyrrole nitrogens is 1. The Bertz CT molecular complexity index is 1420. The maximum absolute atomic E-state index is 12.1. The molecule has 0 saturated heterocycles. The van der Waals surface area contributed by atoms with Gasteiger partial charge in [0.25, 0.3) is 0 Å². The van der Waals surface area contributed by atoms with Gasteiger partial charge in [-0.2, -0.15) is 10.1 Å². The first-order chi connectivity index (χ1) is 17.3. The standard InChI is InChI=1S/C26H31N7O2S/c1-4-35-22-12-10-19(11-13-22)24-17-29-26(31-21-8-5-9-23(15-21)36(3,27)34)32-25(24)28-14-6-7-20-16-30-33-18(20)2/h5,8-13,15-17,27H,4,6-7,14H2,1-3H3,(H,30,33)(H2,28,29,31,32). The summed E-state index contributed by atoms with van der Waals surface area (Å²) in [5.74, 6) is 1.92. The van der Waals surface area contributed by atoms with E-state index in [9.17, 15) is 4.21 Å². The molecule has 1 atom stereocenters. The highest BCUT2D eigenvalue weighted by atomic mass is 32.2. The molecule has 0 amide bonds. The summed E-state index contributed by atoms with van der Waals surface area (Å²) >= 11 is 0. The number of aromatic nitrogens is 4. The van der Waals surface area contributed by atoms with Crippen LogP contribution in [-0.4, -0.2) is 43.8 Å². The molecular weight excluding hydrogens is 474 g/mol. The second-order valence-corrected chi connectivity index (χ2v) is 10.6. The Morgan fingerprint density at radius 1 is 1.14 bits per heavy atom. The average molecular weight is 506 g/mol. The van der Waals surface area contributed by atoms with Crippen molar-refractivity contribution in [2.75, 3.05) is 30.0 Å². The maximum Gasteiger partial charge on any atom is 0.229 e. The van der Waals surface area contributed by atoms with E-state index in [0.29, 0.717) is 29.0 Å². The van der Waals surface area contributed by atoms with Gasteiger partial charge in [0, 0.05) is 40.8 Å². The summed E-state index contributed by atoms with van der Waals surface area (Å²) in [5, 5.41) is 13.7. The molecule has 1 unspecified atom stereocenters. The fourth-order valence-corrected chi connectivity index (χ4v) is 4.43. The zero-order chi connectivity index (χ0) is 25.5. The number of hydrogen-bond donors (Lipinski definition) is 4. The van der Waals surface area contributed by atoms with Crippen molar-refractivity contribution in [2.24, 2.45) is 0 Å². The molecule has 0 radical (unpaired) electrons. The number of hydrogen-bond acceptors (Lipinski definition) is 8. The first-order valence-corrected chi connectivity index (χ1v) is 13.7. The zero-order valence-electron chi connectivity index (χ0n) is 20.7. The second kappa shape index (κ2) is 11.2. The number of ether oxygens (including phenoxy) is 1. The molecule has 36 heavy (non-hydrogen) atoms. The van der Waals surface area contributed by atoms with Crippen molar-refractivity contribution < 1.29 is 8.95 Å². The highest BCUT2D eigenvalue weighted by molar-refractivity contribution is 7.91. The molecule has 4 rings (SSSR count). The summed E-state index contributed by atoms with van der Waals surface area (Å²) < 4.78 is 25.6. The van der Waals surface area contributed by atoms with Crippen molar-refractivity contribution in [3.8, 4) is 16.9 Å². The van der Waals surface area contributed by atoms with Crippen LogP contribution in [-0.2, 0) is 16.1 Å². The molecule has 0 aliphatic heterocycles. The van der Waals surface area contributed by atoms with Crippen LogP contribution in [0.3, 0.4) is 0 Å². The Morgan fingerprint density at radius 2 is 1.94 bits per heavy atom. The molecule has 0 saturated carbocycles. The van der Waals surface area contributed by atoms with Crippen LogP contribution in [0.2, 0.25) is 0 Å². The number of anilines is 3. The maximum atomic E-state index is 12.1. The summed E-state index contributed by atoms with van der Waals surface area (Å²) in [6.45, 7) is 5.31. The van der Waals surface area contributed by atoms with Crippen molar-refractivity contribution in [1.29, 1.82) is 4.78 Å². The monoisotopic (exact) mass is 505 g/mol. The second-order valence-electron chi connectivity index (χ2n) is 8.46. The Labute approximate surface area is 211 Å². The van der Waals surface area contributed by atoms with Gasteiger partial charge in [-0.15, -0.1) is 0 Å². The molecule has 0 bridgehead atoms. The third kappa shape index (κ3) is 6.39. The van der Waals surface area contributed by atoms with Crippen molar-refractivity contribution >= 4 is 27.2 Å². The topological polar surface area (TPSA) is 129 Å². The molecule has 4 N–H and O–H groups in total. The molecule has 0 fully saturated rings. The Morgan fingerprint density at radius 3 is 2.64 bits per heavy atom. The molecule has 4 aromatic rings. The van der Waals surface area contributed by atoms with Crippen LogP contribution in [0, 0.1) is 11.7 Å². The smallest absolute Gasteiger partial charge is 0.229 e. The minimum Gasteiger partial charge on any atom is -0.494 e. The average Bonchev–Trinajstić information content (AvgIpc) is 3.27. The van der Waals surface area contributed by atoms with Crippen LogP contribution >= 0.6 is 0 Å². The van der Waals surface area contributed by atoms with Crippen LogP contribution in [0.5, 0.6) is 5.75 Å². The van der Waals surface area contributed by atoms with Crippen LogP contribution in [0.25, 0.3) is 11.1 Å². The summed E-state index contributed by atoms with van der Waals surface area (Å²) in [5.41, 5.74) is 4.81. The molecule has 0 aliphatic rings. The van der Waals surface area contributed by atoms with Gasteiger partial charge in [0.05, 0.1) is 22.5 Å². The van der Waals surface area contributed by atoms with E-state index < -0.39 is 9.73 Å². The lowest BCUT2D eigenvalue weighted by Gasteiger charge is -2.14. The van der Waals surface area contributed by atoms with Gasteiger partial charge in [0.2, 0.25) is 5.95 Å². The third-order valence-electron chi connectivity index (χ3n) is 5.65. The lowest BCUT2D eigenvalue weighted by atomic mass is 10.1. The predicted octanol–water partition coefficient (Wildman–Crippen LogP) is 5.40. The van der Waals surface area contributed by atoms with Gasteiger partial charge in [0.15, 0.2) is 0 Å². The Kier molecular flexibility index (Phi) is 7.84. The van der Waals surface area contributed by atoms with E-state index in [4.69, 9.17) is 14.5 Å². The van der Waals surface area contributed by atoms with Gasteiger partial charge in [-0.05, 0) is 68.1 Å². The first kappa shape index (κ1) is 25.2. The van der Waals surface area contributed by atoms with Crippen molar-refractivity contribution in [2.45, 2.75) is 31.6 Å². The lowest BCUT2D eigenvalue weighted by molar-refractivity contribution is 0.340. The molecule has 0 aliphatic carbocycles. The largest absolute Gasteiger partial charge is 0.494 e. The van der Waals surface area contributed by atoms with Crippen molar-refractivity contribution in [3.05, 3.63) is 72.2 Å². The molecule has 2 aromatic heterocycles. The molecule has 9 nitrogen and oxygen atoms in total. The van der Waals surface area contributed by atoms with Gasteiger partial charge >= 0.3 is 0 Å². The van der Waals surface area contributed by atoms with Gasteiger partial charge < -0.3 is 15.4 Å². The molecule has 10 heteroatoms. The number of rotatable bonds is 11. The van der Waals surface area contributed by atoms with Gasteiger partial charge in [-0.1, -0.05) is 18.2 Å². The van der Waals surface area contributed by atoms with Gasteiger partial charge in [-0.3, -0.25) is 5.10 Å². The summed E-state index contributed by atoms with van der Waals surface area (Å²) in [7, 11) is -2.82. The van der Waals surface area contributed by atoms with E-state index in [1.165, 1.54) is 11.8 Å². The van der Waals surface area contributed by atoms with Crippen molar-refractivity contribution in [1.82, 2.24) is 20.2 Å². The fraction of sp³-hybridized carbons (Fsp3) is 0.269. The van der Waals surface area contributed by atoms with Gasteiger partial charge in [-0.25, -0.2) is 14.0 Å². The summed E-state index contributed by atoms with van der Waals surface area (Å²) in [4.78, 5) is 9.71. The molecular formula is C26H31N7O2S. The zero-order valence-corrected chi connectivity index (χ0v) is 21.5. The van der Waals surface area contributed by atoms with Crippen LogP contribution < -0.4 is 15.4 Å². The highest BCUT2D eigenvalue weighted by Crippen LogP contribution is 2.29. The highest BCUT2D eigenvalue weighted by Gasteiger charge is 2.12.